The van der Waals surface area contributed by atoms with Crippen LogP contribution in [0.3, 0.4) is 0 Å². The minimum absolute atomic E-state index is 0. The summed E-state index contributed by atoms with van der Waals surface area (Å²) in [6.45, 7) is 2.12. The van der Waals surface area contributed by atoms with Crippen LogP contribution in [0, 0.1) is 6.08 Å². The first-order valence-corrected chi connectivity index (χ1v) is 6.09. The summed E-state index contributed by atoms with van der Waals surface area (Å²) in [4.78, 5) is 0. The molecule has 1 unspecified atom stereocenters. The van der Waals surface area contributed by atoms with Gasteiger partial charge in [-0.05, 0) is 17.9 Å². The molecule has 0 saturated carbocycles. The third kappa shape index (κ3) is 2.50. The minimum atomic E-state index is 0. The molecule has 0 fully saturated rings. The molecular weight excluding hydrogens is 252 g/mol. The standard InChI is InChI=1S/C17H15.Ti/c1-13-11-15-9-5-6-10-16(17(15)12-13)14-7-3-2-4-8-14;/h2-9,12,16H,10H2,1H3;/q-1;. The van der Waals surface area contributed by atoms with Crippen molar-refractivity contribution in [3.05, 3.63) is 83.0 Å². The molecule has 0 spiro atoms. The number of fused-ring (bicyclic) bond motifs is 1. The van der Waals surface area contributed by atoms with Gasteiger partial charge in [-0.2, -0.15) is 17.2 Å². The van der Waals surface area contributed by atoms with E-state index in [1.165, 1.54) is 22.3 Å². The number of rotatable bonds is 1. The average molecular weight is 267 g/mol. The van der Waals surface area contributed by atoms with Gasteiger partial charge in [0, 0.05) is 21.7 Å². The summed E-state index contributed by atoms with van der Waals surface area (Å²) in [5, 5.41) is 0. The topological polar surface area (TPSA) is 0 Å². The molecule has 1 heteroatoms. The summed E-state index contributed by atoms with van der Waals surface area (Å²) in [5.41, 5.74) is 5.30. The summed E-state index contributed by atoms with van der Waals surface area (Å²) < 4.78 is 0. The molecule has 0 aliphatic heterocycles. The molecule has 0 radical (unpaired) electrons. The second-order valence-corrected chi connectivity index (χ2v) is 4.62. The first-order chi connectivity index (χ1) is 8.34. The fraction of sp³-hybridized carbons (Fsp3) is 0.176. The Hall–Kier alpha value is -1.11. The molecule has 1 atom stereocenters. The summed E-state index contributed by atoms with van der Waals surface area (Å²) in [5.74, 6) is 0.478. The van der Waals surface area contributed by atoms with Gasteiger partial charge in [-0.25, -0.2) is 0 Å². The maximum absolute atomic E-state index is 3.43. The molecule has 3 rings (SSSR count). The van der Waals surface area contributed by atoms with Crippen molar-refractivity contribution in [2.75, 3.05) is 0 Å². The predicted molar refractivity (Wildman–Crippen MR) is 71.5 cm³/mol. The maximum atomic E-state index is 3.43. The molecule has 1 aromatic rings. The van der Waals surface area contributed by atoms with E-state index in [0.717, 1.165) is 6.42 Å². The van der Waals surface area contributed by atoms with Gasteiger partial charge in [-0.3, -0.25) is 0 Å². The van der Waals surface area contributed by atoms with Gasteiger partial charge >= 0.3 is 0 Å². The summed E-state index contributed by atoms with van der Waals surface area (Å²) in [6, 6.07) is 10.7. The maximum Gasteiger partial charge on any atom is 0 e. The van der Waals surface area contributed by atoms with Gasteiger partial charge in [-0.1, -0.05) is 43.3 Å². The molecule has 0 amide bonds. The Kier molecular flexibility index (Phi) is 4.21. The van der Waals surface area contributed by atoms with Gasteiger partial charge in [0.25, 0.3) is 0 Å². The van der Waals surface area contributed by atoms with Gasteiger partial charge in [0.15, 0.2) is 0 Å². The Morgan fingerprint density at radius 2 is 1.94 bits per heavy atom. The van der Waals surface area contributed by atoms with Crippen LogP contribution in [-0.4, -0.2) is 0 Å². The molecule has 88 valence electrons. The minimum Gasteiger partial charge on any atom is -0.169 e. The second-order valence-electron chi connectivity index (χ2n) is 4.62. The smallest absolute Gasteiger partial charge is 0 e. The molecule has 0 nitrogen and oxygen atoms in total. The third-order valence-corrected chi connectivity index (χ3v) is 3.36. The average Bonchev–Trinajstić information content (AvgIpc) is 2.61. The van der Waals surface area contributed by atoms with Crippen molar-refractivity contribution in [2.45, 2.75) is 19.3 Å². The van der Waals surface area contributed by atoms with E-state index in [1.54, 1.807) is 0 Å². The van der Waals surface area contributed by atoms with Gasteiger partial charge in [0.2, 0.25) is 0 Å². The Bertz CT molecular complexity index is 544. The largest absolute Gasteiger partial charge is 0.169 e. The van der Waals surface area contributed by atoms with Gasteiger partial charge in [0.1, 0.15) is 0 Å². The van der Waals surface area contributed by atoms with Gasteiger partial charge in [0.05, 0.1) is 0 Å². The van der Waals surface area contributed by atoms with Crippen LogP contribution in [0.1, 0.15) is 24.8 Å². The summed E-state index contributed by atoms with van der Waals surface area (Å²) >= 11 is 0. The van der Waals surface area contributed by atoms with Crippen LogP contribution in [0.5, 0.6) is 0 Å². The summed E-state index contributed by atoms with van der Waals surface area (Å²) in [6.07, 6.45) is 13.4. The number of allylic oxidation sites excluding steroid dienone is 8. The molecule has 2 aliphatic rings. The third-order valence-electron chi connectivity index (χ3n) is 3.36. The SMILES string of the molecule is CC1=[C-]C2=CC=CCC(c3ccccc3)C2=C1.[Ti]. The molecule has 0 aromatic heterocycles. The molecule has 0 saturated heterocycles. The van der Waals surface area contributed by atoms with Crippen LogP contribution in [-0.2, 0) is 21.7 Å². The van der Waals surface area contributed by atoms with E-state index >= 15 is 0 Å². The molecule has 2 aliphatic carbocycles. The van der Waals surface area contributed by atoms with E-state index in [1.807, 2.05) is 0 Å². The van der Waals surface area contributed by atoms with Crippen molar-refractivity contribution >= 4 is 0 Å². The van der Waals surface area contributed by atoms with Crippen molar-refractivity contribution in [1.29, 1.82) is 0 Å². The zero-order chi connectivity index (χ0) is 11.7. The van der Waals surface area contributed by atoms with Crippen LogP contribution in [0.15, 0.2) is 71.4 Å². The van der Waals surface area contributed by atoms with Crippen LogP contribution < -0.4 is 0 Å². The van der Waals surface area contributed by atoms with Gasteiger partial charge < -0.3 is 0 Å². The van der Waals surface area contributed by atoms with Crippen molar-refractivity contribution < 1.29 is 21.7 Å². The second kappa shape index (κ2) is 5.69. The first kappa shape index (κ1) is 13.3. The number of hydrogen-bond donors (Lipinski definition) is 0. The van der Waals surface area contributed by atoms with Crippen molar-refractivity contribution in [3.8, 4) is 0 Å². The quantitative estimate of drug-likeness (QED) is 0.524. The number of benzene rings is 1. The van der Waals surface area contributed by atoms with Crippen molar-refractivity contribution in [1.82, 2.24) is 0 Å². The molecular formula is C17H15Ti-. The predicted octanol–water partition coefficient (Wildman–Crippen LogP) is 4.34. The molecule has 0 bridgehead atoms. The van der Waals surface area contributed by atoms with Crippen LogP contribution in [0.25, 0.3) is 0 Å². The van der Waals surface area contributed by atoms with Crippen LogP contribution in [0.2, 0.25) is 0 Å². The monoisotopic (exact) mass is 267 g/mol. The van der Waals surface area contributed by atoms with Crippen molar-refractivity contribution in [3.63, 3.8) is 0 Å². The Morgan fingerprint density at radius 3 is 2.72 bits per heavy atom. The first-order valence-electron chi connectivity index (χ1n) is 6.09. The fourth-order valence-corrected chi connectivity index (χ4v) is 2.56. The van der Waals surface area contributed by atoms with E-state index in [4.69, 9.17) is 0 Å². The molecule has 1 aromatic carbocycles. The van der Waals surface area contributed by atoms with Crippen molar-refractivity contribution in [2.24, 2.45) is 0 Å². The van der Waals surface area contributed by atoms with E-state index in [2.05, 4.69) is 67.6 Å². The van der Waals surface area contributed by atoms with E-state index in [9.17, 15) is 0 Å². The van der Waals surface area contributed by atoms with E-state index in [0.29, 0.717) is 5.92 Å². The summed E-state index contributed by atoms with van der Waals surface area (Å²) in [7, 11) is 0. The molecule has 0 heterocycles. The Balaban J connectivity index is 0.00000120. The van der Waals surface area contributed by atoms with Crippen LogP contribution >= 0.6 is 0 Å². The van der Waals surface area contributed by atoms with Gasteiger partial charge in [-0.15, -0.1) is 23.8 Å². The molecule has 0 N–H and O–H groups in total. The fourth-order valence-electron chi connectivity index (χ4n) is 2.56. The van der Waals surface area contributed by atoms with Crippen LogP contribution in [0.4, 0.5) is 0 Å². The van der Waals surface area contributed by atoms with E-state index < -0.39 is 0 Å². The zero-order valence-electron chi connectivity index (χ0n) is 10.5. The zero-order valence-corrected chi connectivity index (χ0v) is 12.0. The Labute approximate surface area is 124 Å². The number of hydrogen-bond acceptors (Lipinski definition) is 0. The Morgan fingerprint density at radius 1 is 1.17 bits per heavy atom. The van der Waals surface area contributed by atoms with E-state index in [-0.39, 0.29) is 21.7 Å². The molecule has 18 heavy (non-hydrogen) atoms. The normalized spacial score (nSPS) is 21.2.